The van der Waals surface area contributed by atoms with Crippen LogP contribution in [0.2, 0.25) is 0 Å². The van der Waals surface area contributed by atoms with E-state index >= 15 is 0 Å². The first-order valence-electron chi connectivity index (χ1n) is 7.45. The Morgan fingerprint density at radius 1 is 1.27 bits per heavy atom. The molecule has 5 heteroatoms. The zero-order valence-electron chi connectivity index (χ0n) is 12.6. The third-order valence-electron chi connectivity index (χ3n) is 4.37. The van der Waals surface area contributed by atoms with Gasteiger partial charge in [0.25, 0.3) is 0 Å². The molecular weight excluding hydrogens is 283 g/mol. The van der Waals surface area contributed by atoms with Crippen LogP contribution in [0.1, 0.15) is 48.9 Å². The molecule has 1 aliphatic rings. The van der Waals surface area contributed by atoms with Crippen molar-refractivity contribution in [2.75, 3.05) is 7.05 Å². The van der Waals surface area contributed by atoms with Crippen LogP contribution in [0.3, 0.4) is 0 Å². The van der Waals surface area contributed by atoms with Crippen LogP contribution in [0, 0.1) is 17.1 Å². The minimum absolute atomic E-state index is 0.103. The number of hydrogen-bond acceptors (Lipinski definition) is 3. The molecule has 1 aromatic carbocycles. The van der Waals surface area contributed by atoms with E-state index in [9.17, 15) is 19.2 Å². The van der Waals surface area contributed by atoms with Crippen LogP contribution in [0.5, 0.6) is 0 Å². The van der Waals surface area contributed by atoms with Crippen LogP contribution in [-0.2, 0) is 4.79 Å². The predicted octanol–water partition coefficient (Wildman–Crippen LogP) is 3.08. The van der Waals surface area contributed by atoms with Crippen molar-refractivity contribution >= 4 is 11.7 Å². The fraction of sp³-hybridized carbons (Fsp3) is 0.471. The third-order valence-corrected chi connectivity index (χ3v) is 4.37. The highest BCUT2D eigenvalue weighted by atomic mass is 19.1. The van der Waals surface area contributed by atoms with Gasteiger partial charge in [-0.2, -0.15) is 5.26 Å². The highest BCUT2D eigenvalue weighted by molar-refractivity contribution is 5.96. The van der Waals surface area contributed by atoms with E-state index in [-0.39, 0.29) is 30.3 Å². The molecule has 0 aromatic heterocycles. The van der Waals surface area contributed by atoms with Gasteiger partial charge in [-0.1, -0.05) is 0 Å². The Balaban J connectivity index is 1.81. The van der Waals surface area contributed by atoms with Gasteiger partial charge in [-0.05, 0) is 49.9 Å². The lowest BCUT2D eigenvalue weighted by molar-refractivity contribution is -0.136. The second-order valence-electron chi connectivity index (χ2n) is 5.73. The summed E-state index contributed by atoms with van der Waals surface area (Å²) in [5, 5.41) is 9.21. The number of rotatable bonds is 6. The number of hydrogen-bond donors (Lipinski definition) is 0. The standard InChI is InChI=1S/C17H19FN2O2/c1-20(17(12-19)10-3-11-17)16(22)5-2-4-15(21)13-6-8-14(18)9-7-13/h6-9H,2-5,10-11H2,1H3. The molecule has 22 heavy (non-hydrogen) atoms. The quantitative estimate of drug-likeness (QED) is 0.759. The Kier molecular flexibility index (Phi) is 4.92. The van der Waals surface area contributed by atoms with Crippen molar-refractivity contribution in [2.45, 2.75) is 44.1 Å². The number of benzene rings is 1. The highest BCUT2D eigenvalue weighted by Gasteiger charge is 2.43. The number of carbonyl (C=O) groups is 2. The molecule has 0 atom stereocenters. The molecule has 0 saturated heterocycles. The molecule has 1 aliphatic carbocycles. The lowest BCUT2D eigenvalue weighted by Gasteiger charge is -2.43. The molecule has 4 nitrogen and oxygen atoms in total. The molecule has 1 saturated carbocycles. The molecule has 0 N–H and O–H groups in total. The molecule has 116 valence electrons. The third kappa shape index (κ3) is 3.33. The Labute approximate surface area is 129 Å². The van der Waals surface area contributed by atoms with Gasteiger partial charge in [-0.15, -0.1) is 0 Å². The van der Waals surface area contributed by atoms with Crippen molar-refractivity contribution < 1.29 is 14.0 Å². The van der Waals surface area contributed by atoms with E-state index < -0.39 is 5.54 Å². The summed E-state index contributed by atoms with van der Waals surface area (Å²) in [6.07, 6.45) is 3.33. The molecule has 1 amide bonds. The van der Waals surface area contributed by atoms with Crippen LogP contribution in [0.25, 0.3) is 0 Å². The number of amides is 1. The van der Waals surface area contributed by atoms with Crippen molar-refractivity contribution in [3.05, 3.63) is 35.6 Å². The highest BCUT2D eigenvalue weighted by Crippen LogP contribution is 2.36. The Bertz CT molecular complexity index is 600. The van der Waals surface area contributed by atoms with E-state index in [0.717, 1.165) is 19.3 Å². The summed E-state index contributed by atoms with van der Waals surface area (Å²) in [4.78, 5) is 25.6. The van der Waals surface area contributed by atoms with Gasteiger partial charge in [-0.25, -0.2) is 4.39 Å². The number of Topliss-reactive ketones (excluding diaryl/α,β-unsaturated/α-hetero) is 1. The number of nitriles is 1. The maximum absolute atomic E-state index is 12.8. The number of ketones is 1. The van der Waals surface area contributed by atoms with E-state index in [4.69, 9.17) is 0 Å². The summed E-state index contributed by atoms with van der Waals surface area (Å²) in [6, 6.07) is 7.63. The summed E-state index contributed by atoms with van der Waals surface area (Å²) in [6.45, 7) is 0. The minimum atomic E-state index is -0.641. The summed E-state index contributed by atoms with van der Waals surface area (Å²) >= 11 is 0. The van der Waals surface area contributed by atoms with Crippen LogP contribution in [-0.4, -0.2) is 29.2 Å². The smallest absolute Gasteiger partial charge is 0.223 e. The Morgan fingerprint density at radius 3 is 2.41 bits per heavy atom. The first-order chi connectivity index (χ1) is 10.5. The molecule has 0 heterocycles. The predicted molar refractivity (Wildman–Crippen MR) is 79.5 cm³/mol. The Morgan fingerprint density at radius 2 is 1.91 bits per heavy atom. The molecule has 1 fully saturated rings. The zero-order chi connectivity index (χ0) is 16.2. The van der Waals surface area contributed by atoms with Crippen molar-refractivity contribution in [2.24, 2.45) is 0 Å². The molecule has 0 radical (unpaired) electrons. The van der Waals surface area contributed by atoms with Crippen LogP contribution in [0.4, 0.5) is 4.39 Å². The average Bonchev–Trinajstić information content (AvgIpc) is 2.47. The minimum Gasteiger partial charge on any atom is -0.327 e. The van der Waals surface area contributed by atoms with Gasteiger partial charge in [0.2, 0.25) is 5.91 Å². The lowest BCUT2D eigenvalue weighted by Crippen LogP contribution is -2.53. The van der Waals surface area contributed by atoms with Gasteiger partial charge < -0.3 is 4.90 Å². The fourth-order valence-electron chi connectivity index (χ4n) is 2.62. The first-order valence-corrected chi connectivity index (χ1v) is 7.45. The van der Waals surface area contributed by atoms with Gasteiger partial charge in [0.05, 0.1) is 6.07 Å². The largest absolute Gasteiger partial charge is 0.327 e. The van der Waals surface area contributed by atoms with Crippen LogP contribution >= 0.6 is 0 Å². The second-order valence-corrected chi connectivity index (χ2v) is 5.73. The van der Waals surface area contributed by atoms with Gasteiger partial charge in [0, 0.05) is 25.5 Å². The average molecular weight is 302 g/mol. The molecule has 1 aromatic rings. The number of halogens is 1. The lowest BCUT2D eigenvalue weighted by atomic mass is 9.76. The molecule has 0 aliphatic heterocycles. The summed E-state index contributed by atoms with van der Waals surface area (Å²) in [5.41, 5.74) is -0.187. The summed E-state index contributed by atoms with van der Waals surface area (Å²) in [5.74, 6) is -0.585. The van der Waals surface area contributed by atoms with Gasteiger partial charge in [0.1, 0.15) is 11.4 Å². The first kappa shape index (κ1) is 16.2. The zero-order valence-corrected chi connectivity index (χ0v) is 12.6. The van der Waals surface area contributed by atoms with E-state index in [1.807, 2.05) is 0 Å². The van der Waals surface area contributed by atoms with E-state index in [0.29, 0.717) is 12.0 Å². The van der Waals surface area contributed by atoms with E-state index in [2.05, 4.69) is 6.07 Å². The SMILES string of the molecule is CN(C(=O)CCCC(=O)c1ccc(F)cc1)C1(C#N)CCC1. The molecule has 0 spiro atoms. The number of carbonyl (C=O) groups excluding carboxylic acids is 2. The molecule has 0 unspecified atom stereocenters. The molecule has 2 rings (SSSR count). The second kappa shape index (κ2) is 6.69. The molecule has 0 bridgehead atoms. The number of nitrogens with zero attached hydrogens (tertiary/aromatic N) is 2. The van der Waals surface area contributed by atoms with Crippen molar-refractivity contribution in [1.82, 2.24) is 4.90 Å². The van der Waals surface area contributed by atoms with Crippen molar-refractivity contribution in [3.8, 4) is 6.07 Å². The topological polar surface area (TPSA) is 61.2 Å². The van der Waals surface area contributed by atoms with Gasteiger partial charge in [0.15, 0.2) is 5.78 Å². The fourth-order valence-corrected chi connectivity index (χ4v) is 2.62. The van der Waals surface area contributed by atoms with Crippen molar-refractivity contribution in [3.63, 3.8) is 0 Å². The maximum Gasteiger partial charge on any atom is 0.223 e. The monoisotopic (exact) mass is 302 g/mol. The summed E-state index contributed by atoms with van der Waals surface area (Å²) < 4.78 is 12.8. The van der Waals surface area contributed by atoms with Crippen molar-refractivity contribution in [1.29, 1.82) is 5.26 Å². The van der Waals surface area contributed by atoms with Gasteiger partial charge in [-0.3, -0.25) is 9.59 Å². The maximum atomic E-state index is 12.8. The van der Waals surface area contributed by atoms with E-state index in [1.54, 1.807) is 7.05 Å². The molecular formula is C17H19FN2O2. The van der Waals surface area contributed by atoms with E-state index in [1.165, 1.54) is 29.2 Å². The normalized spacial score (nSPS) is 15.5. The summed E-state index contributed by atoms with van der Waals surface area (Å²) in [7, 11) is 1.66. The van der Waals surface area contributed by atoms with Gasteiger partial charge >= 0.3 is 0 Å². The van der Waals surface area contributed by atoms with Crippen LogP contribution in [0.15, 0.2) is 24.3 Å². The van der Waals surface area contributed by atoms with Crippen LogP contribution < -0.4 is 0 Å². The Hall–Kier alpha value is -2.22.